The molecule has 4 nitrogen and oxygen atoms in total. The topological polar surface area (TPSA) is 62.5 Å². The first-order valence-corrected chi connectivity index (χ1v) is 6.27. The van der Waals surface area contributed by atoms with E-state index in [1.54, 1.807) is 36.4 Å². The van der Waals surface area contributed by atoms with Crippen LogP contribution in [-0.2, 0) is 13.2 Å². The lowest BCUT2D eigenvalue weighted by molar-refractivity contribution is 0.272. The molecule has 2 aromatic carbocycles. The Morgan fingerprint density at radius 3 is 2.71 bits per heavy atom. The molecule has 0 atom stereocenters. The fourth-order valence-electron chi connectivity index (χ4n) is 1.86. The summed E-state index contributed by atoms with van der Waals surface area (Å²) in [5, 5.41) is 17.9. The van der Waals surface area contributed by atoms with Gasteiger partial charge in [-0.25, -0.2) is 4.39 Å². The van der Waals surface area contributed by atoms with Crippen molar-refractivity contribution in [2.45, 2.75) is 13.2 Å². The minimum atomic E-state index is -0.578. The number of methoxy groups -OCH3 is 1. The second-order valence-electron chi connectivity index (χ2n) is 4.32. The van der Waals surface area contributed by atoms with Crippen LogP contribution in [-0.4, -0.2) is 12.2 Å². The average Bonchev–Trinajstić information content (AvgIpc) is 2.53. The number of halogens is 1. The standard InChI is InChI=1S/C16H14FNO3/c1-20-15-7-11(9-19)5-6-14(15)21-10-13-4-2-3-12(8-18)16(13)17/h2-7,19H,9-10H2,1H3. The summed E-state index contributed by atoms with van der Waals surface area (Å²) in [5.41, 5.74) is 0.970. The number of hydrogen-bond acceptors (Lipinski definition) is 4. The van der Waals surface area contributed by atoms with Crippen LogP contribution in [0.5, 0.6) is 11.5 Å². The molecule has 0 heterocycles. The summed E-state index contributed by atoms with van der Waals surface area (Å²) < 4.78 is 24.6. The molecular weight excluding hydrogens is 273 g/mol. The van der Waals surface area contributed by atoms with Crippen LogP contribution in [0, 0.1) is 17.1 Å². The highest BCUT2D eigenvalue weighted by molar-refractivity contribution is 5.43. The van der Waals surface area contributed by atoms with Gasteiger partial charge in [0.05, 0.1) is 19.3 Å². The van der Waals surface area contributed by atoms with Crippen LogP contribution in [0.3, 0.4) is 0 Å². The molecule has 0 saturated heterocycles. The normalized spacial score (nSPS) is 10.0. The van der Waals surface area contributed by atoms with E-state index < -0.39 is 5.82 Å². The second kappa shape index (κ2) is 6.73. The van der Waals surface area contributed by atoms with Crippen molar-refractivity contribution in [2.75, 3.05) is 7.11 Å². The first-order valence-electron chi connectivity index (χ1n) is 6.27. The largest absolute Gasteiger partial charge is 0.493 e. The van der Waals surface area contributed by atoms with Crippen molar-refractivity contribution in [1.29, 1.82) is 5.26 Å². The highest BCUT2D eigenvalue weighted by Gasteiger charge is 2.10. The summed E-state index contributed by atoms with van der Waals surface area (Å²) in [5.74, 6) is 0.320. The summed E-state index contributed by atoms with van der Waals surface area (Å²) >= 11 is 0. The summed E-state index contributed by atoms with van der Waals surface area (Å²) in [4.78, 5) is 0. The SMILES string of the molecule is COc1cc(CO)ccc1OCc1cccc(C#N)c1F. The third-order valence-electron chi connectivity index (χ3n) is 2.99. The van der Waals surface area contributed by atoms with Gasteiger partial charge in [-0.15, -0.1) is 0 Å². The molecule has 0 aromatic heterocycles. The zero-order chi connectivity index (χ0) is 15.2. The lowest BCUT2D eigenvalue weighted by atomic mass is 10.1. The van der Waals surface area contributed by atoms with Crippen LogP contribution in [0.2, 0.25) is 0 Å². The molecule has 0 fully saturated rings. The second-order valence-corrected chi connectivity index (χ2v) is 4.32. The number of aliphatic hydroxyl groups excluding tert-OH is 1. The molecule has 5 heteroatoms. The van der Waals surface area contributed by atoms with Gasteiger partial charge in [0.25, 0.3) is 0 Å². The number of benzene rings is 2. The molecular formula is C16H14FNO3. The number of hydrogen-bond donors (Lipinski definition) is 1. The van der Waals surface area contributed by atoms with Gasteiger partial charge in [-0.2, -0.15) is 5.26 Å². The smallest absolute Gasteiger partial charge is 0.161 e. The van der Waals surface area contributed by atoms with Gasteiger partial charge in [-0.1, -0.05) is 18.2 Å². The Kier molecular flexibility index (Phi) is 4.75. The Morgan fingerprint density at radius 1 is 1.24 bits per heavy atom. The number of nitrogens with zero attached hydrogens (tertiary/aromatic N) is 1. The molecule has 2 rings (SSSR count). The molecule has 108 valence electrons. The molecule has 0 radical (unpaired) electrons. The Labute approximate surface area is 122 Å². The maximum Gasteiger partial charge on any atom is 0.161 e. The summed E-state index contributed by atoms with van der Waals surface area (Å²) in [6.45, 7) is -0.119. The molecule has 0 aliphatic carbocycles. The molecule has 0 spiro atoms. The molecule has 0 aliphatic rings. The molecule has 0 unspecified atom stereocenters. The van der Waals surface area contributed by atoms with Crippen LogP contribution < -0.4 is 9.47 Å². The molecule has 0 aliphatic heterocycles. The monoisotopic (exact) mass is 287 g/mol. The number of ether oxygens (including phenoxy) is 2. The fraction of sp³-hybridized carbons (Fsp3) is 0.188. The Hall–Kier alpha value is -2.58. The third kappa shape index (κ3) is 3.30. The van der Waals surface area contributed by atoms with Crippen LogP contribution in [0.1, 0.15) is 16.7 Å². The first kappa shape index (κ1) is 14.8. The van der Waals surface area contributed by atoms with Crippen molar-refractivity contribution < 1.29 is 19.0 Å². The summed E-state index contributed by atoms with van der Waals surface area (Å²) in [6.07, 6.45) is 0. The molecule has 21 heavy (non-hydrogen) atoms. The van der Waals surface area contributed by atoms with Crippen molar-refractivity contribution in [3.63, 3.8) is 0 Å². The van der Waals surface area contributed by atoms with Gasteiger partial charge in [0.15, 0.2) is 11.5 Å². The molecule has 2 aromatic rings. The maximum absolute atomic E-state index is 13.9. The Morgan fingerprint density at radius 2 is 2.05 bits per heavy atom. The van der Waals surface area contributed by atoms with Crippen LogP contribution in [0.25, 0.3) is 0 Å². The van der Waals surface area contributed by atoms with Crippen molar-refractivity contribution in [3.05, 3.63) is 58.9 Å². The van der Waals surface area contributed by atoms with E-state index in [-0.39, 0.29) is 18.8 Å². The first-order chi connectivity index (χ1) is 10.2. The van der Waals surface area contributed by atoms with Crippen molar-refractivity contribution in [1.82, 2.24) is 0 Å². The zero-order valence-electron chi connectivity index (χ0n) is 11.5. The number of nitriles is 1. The Balaban J connectivity index is 2.19. The van der Waals surface area contributed by atoms with E-state index in [4.69, 9.17) is 19.8 Å². The molecule has 0 bridgehead atoms. The van der Waals surface area contributed by atoms with Crippen LogP contribution >= 0.6 is 0 Å². The highest BCUT2D eigenvalue weighted by atomic mass is 19.1. The van der Waals surface area contributed by atoms with Gasteiger partial charge in [0.1, 0.15) is 18.5 Å². The predicted octanol–water partition coefficient (Wildman–Crippen LogP) is 2.78. The van der Waals surface area contributed by atoms with Crippen LogP contribution in [0.4, 0.5) is 4.39 Å². The van der Waals surface area contributed by atoms with E-state index >= 15 is 0 Å². The Bertz CT molecular complexity index is 680. The highest BCUT2D eigenvalue weighted by Crippen LogP contribution is 2.29. The van der Waals surface area contributed by atoms with Crippen molar-refractivity contribution in [3.8, 4) is 17.6 Å². The van der Waals surface area contributed by atoms with E-state index in [9.17, 15) is 4.39 Å². The minimum Gasteiger partial charge on any atom is -0.493 e. The number of aliphatic hydroxyl groups is 1. The van der Waals surface area contributed by atoms with E-state index in [0.29, 0.717) is 22.6 Å². The van der Waals surface area contributed by atoms with Gasteiger partial charge < -0.3 is 14.6 Å². The van der Waals surface area contributed by atoms with Gasteiger partial charge in [0, 0.05) is 5.56 Å². The van der Waals surface area contributed by atoms with Gasteiger partial charge in [0.2, 0.25) is 0 Å². The lowest BCUT2D eigenvalue weighted by Gasteiger charge is -2.12. The minimum absolute atomic E-state index is 0.0151. The average molecular weight is 287 g/mol. The third-order valence-corrected chi connectivity index (χ3v) is 2.99. The maximum atomic E-state index is 13.9. The predicted molar refractivity (Wildman–Crippen MR) is 74.4 cm³/mol. The zero-order valence-corrected chi connectivity index (χ0v) is 11.5. The van der Waals surface area contributed by atoms with Crippen molar-refractivity contribution in [2.24, 2.45) is 0 Å². The number of rotatable bonds is 5. The van der Waals surface area contributed by atoms with E-state index in [1.165, 1.54) is 13.2 Å². The van der Waals surface area contributed by atoms with E-state index in [2.05, 4.69) is 0 Å². The fourth-order valence-corrected chi connectivity index (χ4v) is 1.86. The molecule has 0 saturated carbocycles. The van der Waals surface area contributed by atoms with E-state index in [0.717, 1.165) is 0 Å². The quantitative estimate of drug-likeness (QED) is 0.918. The summed E-state index contributed by atoms with van der Waals surface area (Å²) in [6, 6.07) is 11.4. The van der Waals surface area contributed by atoms with Gasteiger partial charge in [-0.3, -0.25) is 0 Å². The van der Waals surface area contributed by atoms with Crippen LogP contribution in [0.15, 0.2) is 36.4 Å². The molecule has 1 N–H and O–H groups in total. The van der Waals surface area contributed by atoms with Gasteiger partial charge >= 0.3 is 0 Å². The molecule has 0 amide bonds. The lowest BCUT2D eigenvalue weighted by Crippen LogP contribution is -2.02. The van der Waals surface area contributed by atoms with E-state index in [1.807, 2.05) is 0 Å². The van der Waals surface area contributed by atoms with Gasteiger partial charge in [-0.05, 0) is 23.8 Å². The van der Waals surface area contributed by atoms with Crippen molar-refractivity contribution >= 4 is 0 Å². The summed E-state index contributed by atoms with van der Waals surface area (Å²) in [7, 11) is 1.49.